The van der Waals surface area contributed by atoms with Gasteiger partial charge in [-0.15, -0.1) is 0 Å². The molecule has 9 nitrogen and oxygen atoms in total. The number of amides is 2. The van der Waals surface area contributed by atoms with E-state index in [2.05, 4.69) is 5.32 Å². The Bertz CT molecular complexity index is 1510. The van der Waals surface area contributed by atoms with Crippen molar-refractivity contribution in [2.75, 3.05) is 31.3 Å². The largest absolute Gasteiger partial charge is 0.493 e. The lowest BCUT2D eigenvalue weighted by Crippen LogP contribution is -2.54. The molecule has 0 radical (unpaired) electrons. The third-order valence-electron chi connectivity index (χ3n) is 7.55. The van der Waals surface area contributed by atoms with Gasteiger partial charge >= 0.3 is 0 Å². The smallest absolute Gasteiger partial charge is 0.244 e. The van der Waals surface area contributed by atoms with Gasteiger partial charge in [-0.3, -0.25) is 13.9 Å². The van der Waals surface area contributed by atoms with Gasteiger partial charge in [-0.1, -0.05) is 66.9 Å². The zero-order valence-electron chi connectivity index (χ0n) is 24.7. The molecule has 4 rings (SSSR count). The zero-order chi connectivity index (χ0) is 31.0. The van der Waals surface area contributed by atoms with Gasteiger partial charge in [-0.25, -0.2) is 8.42 Å². The highest BCUT2D eigenvalue weighted by Crippen LogP contribution is 2.32. The Labute approximate surface area is 258 Å². The van der Waals surface area contributed by atoms with Gasteiger partial charge in [0.05, 0.1) is 26.2 Å². The van der Waals surface area contributed by atoms with E-state index in [0.29, 0.717) is 22.1 Å². The Kier molecular flexibility index (Phi) is 10.9. The molecule has 0 aliphatic heterocycles. The van der Waals surface area contributed by atoms with Crippen molar-refractivity contribution in [1.29, 1.82) is 0 Å². The van der Waals surface area contributed by atoms with Crippen molar-refractivity contribution in [2.45, 2.75) is 50.7 Å². The third kappa shape index (κ3) is 8.64. The maximum atomic E-state index is 14.3. The summed E-state index contributed by atoms with van der Waals surface area (Å²) in [6, 6.07) is 20.3. The molecule has 1 aliphatic rings. The molecule has 3 aromatic rings. The lowest BCUT2D eigenvalue weighted by molar-refractivity contribution is -0.140. The summed E-state index contributed by atoms with van der Waals surface area (Å²) in [7, 11) is -1.00. The molecule has 2 amide bonds. The van der Waals surface area contributed by atoms with Gasteiger partial charge in [-0.05, 0) is 48.2 Å². The van der Waals surface area contributed by atoms with Gasteiger partial charge < -0.3 is 19.7 Å². The van der Waals surface area contributed by atoms with Gasteiger partial charge in [0.15, 0.2) is 11.5 Å². The number of ether oxygens (including phenoxy) is 2. The van der Waals surface area contributed by atoms with E-state index < -0.39 is 28.5 Å². The molecule has 0 heterocycles. The Morgan fingerprint density at radius 1 is 0.930 bits per heavy atom. The van der Waals surface area contributed by atoms with Crippen molar-refractivity contribution in [3.05, 3.63) is 88.9 Å². The summed E-state index contributed by atoms with van der Waals surface area (Å²) in [5, 5.41) is 3.64. The summed E-state index contributed by atoms with van der Waals surface area (Å²) in [6.45, 7) is -0.477. The van der Waals surface area contributed by atoms with Crippen molar-refractivity contribution in [3.8, 4) is 11.5 Å². The number of nitrogens with zero attached hydrogens (tertiary/aromatic N) is 2. The van der Waals surface area contributed by atoms with Crippen molar-refractivity contribution >= 4 is 39.1 Å². The molecule has 1 fully saturated rings. The summed E-state index contributed by atoms with van der Waals surface area (Å²) < 4.78 is 37.8. The van der Waals surface area contributed by atoms with Crippen LogP contribution in [0.4, 0.5) is 5.69 Å². The molecule has 0 spiro atoms. The van der Waals surface area contributed by atoms with Gasteiger partial charge in [0.1, 0.15) is 12.6 Å². The number of carbonyl (C=O) groups excluding carboxylic acids is 2. The summed E-state index contributed by atoms with van der Waals surface area (Å²) in [4.78, 5) is 29.6. The van der Waals surface area contributed by atoms with Gasteiger partial charge in [0, 0.05) is 30.1 Å². The molecule has 0 aromatic heterocycles. The van der Waals surface area contributed by atoms with Crippen LogP contribution in [0, 0.1) is 0 Å². The van der Waals surface area contributed by atoms with Crippen LogP contribution in [0.15, 0.2) is 72.8 Å². The van der Waals surface area contributed by atoms with Crippen molar-refractivity contribution in [2.24, 2.45) is 0 Å². The molecule has 1 N–H and O–H groups in total. The second-order valence-electron chi connectivity index (χ2n) is 10.7. The van der Waals surface area contributed by atoms with E-state index in [-0.39, 0.29) is 30.6 Å². The molecule has 1 unspecified atom stereocenters. The fourth-order valence-electron chi connectivity index (χ4n) is 5.35. The van der Waals surface area contributed by atoms with E-state index in [1.165, 1.54) is 25.2 Å². The maximum Gasteiger partial charge on any atom is 0.244 e. The Morgan fingerprint density at radius 2 is 1.60 bits per heavy atom. The van der Waals surface area contributed by atoms with Crippen LogP contribution < -0.4 is 19.1 Å². The summed E-state index contributed by atoms with van der Waals surface area (Å²) >= 11 is 6.28. The van der Waals surface area contributed by atoms with Crippen LogP contribution in [0.2, 0.25) is 5.02 Å². The van der Waals surface area contributed by atoms with Gasteiger partial charge in [0.2, 0.25) is 21.8 Å². The number of hydrogen-bond donors (Lipinski definition) is 1. The average Bonchev–Trinajstić information content (AvgIpc) is 3.50. The molecule has 0 saturated heterocycles. The molecular weight excluding hydrogens is 590 g/mol. The number of anilines is 1. The maximum absolute atomic E-state index is 14.3. The van der Waals surface area contributed by atoms with Gasteiger partial charge in [-0.2, -0.15) is 0 Å². The van der Waals surface area contributed by atoms with Crippen molar-refractivity contribution in [1.82, 2.24) is 10.2 Å². The molecule has 11 heteroatoms. The highest BCUT2D eigenvalue weighted by Gasteiger charge is 2.34. The van der Waals surface area contributed by atoms with E-state index in [1.54, 1.807) is 30.3 Å². The Balaban J connectivity index is 1.74. The lowest BCUT2D eigenvalue weighted by atomic mass is 10.0. The fraction of sp³-hybridized carbons (Fsp3) is 0.375. The van der Waals surface area contributed by atoms with E-state index in [4.69, 9.17) is 21.1 Å². The molecule has 0 bridgehead atoms. The van der Waals surface area contributed by atoms with Crippen LogP contribution in [-0.2, 0) is 32.6 Å². The van der Waals surface area contributed by atoms with E-state index in [9.17, 15) is 18.0 Å². The van der Waals surface area contributed by atoms with E-state index in [0.717, 1.165) is 41.8 Å². The quantitative estimate of drug-likeness (QED) is 0.291. The Morgan fingerprint density at radius 3 is 2.23 bits per heavy atom. The lowest BCUT2D eigenvalue weighted by Gasteiger charge is -2.34. The van der Waals surface area contributed by atoms with E-state index in [1.807, 2.05) is 36.4 Å². The van der Waals surface area contributed by atoms with E-state index >= 15 is 0 Å². The predicted octanol–water partition coefficient (Wildman–Crippen LogP) is 4.82. The molecule has 1 saturated carbocycles. The predicted molar refractivity (Wildman–Crippen MR) is 168 cm³/mol. The molecule has 1 atom stereocenters. The molecular formula is C32H38ClN3O6S. The number of sulfonamides is 1. The standard InChI is InChI=1S/C32H38ClN3O6S/c1-41-29-17-16-27(20-30(29)42-2)36(43(3,39)40)22-31(37)35(21-24-12-9-13-25(33)18-24)28(19-23-10-5-4-6-11-23)32(38)34-26-14-7-8-15-26/h4-6,9-13,16-18,20,26,28H,7-8,14-15,19,21-22H2,1-3H3,(H,34,38). The highest BCUT2D eigenvalue weighted by molar-refractivity contribution is 7.92. The zero-order valence-corrected chi connectivity index (χ0v) is 26.2. The number of carbonyl (C=O) groups is 2. The van der Waals surface area contributed by atoms with Crippen LogP contribution in [0.3, 0.4) is 0 Å². The van der Waals surface area contributed by atoms with Crippen molar-refractivity contribution < 1.29 is 27.5 Å². The SMILES string of the molecule is COc1ccc(N(CC(=O)N(Cc2cccc(Cl)c2)C(Cc2ccccc2)C(=O)NC2CCCC2)S(C)(=O)=O)cc1OC. The van der Waals surface area contributed by atoms with Crippen LogP contribution in [0.5, 0.6) is 11.5 Å². The topological polar surface area (TPSA) is 105 Å². The first-order valence-electron chi connectivity index (χ1n) is 14.2. The fourth-order valence-corrected chi connectivity index (χ4v) is 6.40. The normalized spacial score (nSPS) is 14.1. The summed E-state index contributed by atoms with van der Waals surface area (Å²) in [5.41, 5.74) is 1.81. The number of hydrogen-bond acceptors (Lipinski definition) is 6. The molecule has 3 aromatic carbocycles. The van der Waals surface area contributed by atoms with Crippen molar-refractivity contribution in [3.63, 3.8) is 0 Å². The number of nitrogens with one attached hydrogen (secondary N) is 1. The van der Waals surface area contributed by atoms with Crippen LogP contribution in [0.25, 0.3) is 0 Å². The molecule has 1 aliphatic carbocycles. The first-order valence-corrected chi connectivity index (χ1v) is 16.4. The molecule has 230 valence electrons. The number of benzene rings is 3. The second-order valence-corrected chi connectivity index (χ2v) is 13.0. The van der Waals surface area contributed by atoms with Crippen LogP contribution in [-0.4, -0.2) is 64.2 Å². The number of methoxy groups -OCH3 is 2. The third-order valence-corrected chi connectivity index (χ3v) is 8.92. The molecule has 43 heavy (non-hydrogen) atoms. The number of halogens is 1. The highest BCUT2D eigenvalue weighted by atomic mass is 35.5. The first kappa shape index (κ1) is 32.2. The van der Waals surface area contributed by atoms with Crippen LogP contribution in [0.1, 0.15) is 36.8 Å². The second kappa shape index (κ2) is 14.6. The van der Waals surface area contributed by atoms with Gasteiger partial charge in [0.25, 0.3) is 0 Å². The van der Waals surface area contributed by atoms with Crippen LogP contribution >= 0.6 is 11.6 Å². The summed E-state index contributed by atoms with van der Waals surface area (Å²) in [5.74, 6) is -0.0826. The monoisotopic (exact) mass is 627 g/mol. The minimum atomic E-state index is -3.93. The average molecular weight is 628 g/mol. The minimum Gasteiger partial charge on any atom is -0.493 e. The number of rotatable bonds is 13. The summed E-state index contributed by atoms with van der Waals surface area (Å²) in [6.07, 6.45) is 5.12. The first-order chi connectivity index (χ1) is 20.6. The Hall–Kier alpha value is -3.76. The minimum absolute atomic E-state index is 0.0353.